The predicted molar refractivity (Wildman–Crippen MR) is 120 cm³/mol. The molecule has 0 spiro atoms. The smallest absolute Gasteiger partial charge is 0.128 e. The molecular weight excluding hydrogens is 340 g/mol. The van der Waals surface area contributed by atoms with Crippen LogP contribution in [0.5, 0.6) is 0 Å². The molecule has 0 radical (unpaired) electrons. The van der Waals surface area contributed by atoms with Crippen molar-refractivity contribution in [3.63, 3.8) is 0 Å². The summed E-state index contributed by atoms with van der Waals surface area (Å²) in [5, 5.41) is 0. The van der Waals surface area contributed by atoms with Crippen LogP contribution in [0.3, 0.4) is 0 Å². The highest BCUT2D eigenvalue weighted by atomic mass is 14.9. The Labute approximate surface area is 174 Å². The molecule has 0 aliphatic heterocycles. The molecule has 2 saturated carbocycles. The van der Waals surface area contributed by atoms with Gasteiger partial charge < -0.3 is 0 Å². The van der Waals surface area contributed by atoms with Crippen LogP contribution in [0.2, 0.25) is 0 Å². The second-order valence-electron chi connectivity index (χ2n) is 9.86. The van der Waals surface area contributed by atoms with Crippen LogP contribution in [0.25, 0.3) is 0 Å². The Bertz CT molecular complexity index is 522. The van der Waals surface area contributed by atoms with E-state index in [1.54, 1.807) is 0 Å². The molecule has 2 aliphatic carbocycles. The Morgan fingerprint density at radius 2 is 1.25 bits per heavy atom. The standard InChI is InChI=1S/C26H44N2/c1-3-5-6-8-22-9-11-23(12-10-22)15-18-26-27-19-25(20-28-26)24-16-13-21(7-4-2)14-17-24/h19-24H,3-18H2,1-2H3/t21-,22-,23-,24-. The number of hydrogen-bond acceptors (Lipinski definition) is 2. The minimum atomic E-state index is 0.713. The fraction of sp³-hybridized carbons (Fsp3) is 0.846. The zero-order valence-electron chi connectivity index (χ0n) is 18.7. The van der Waals surface area contributed by atoms with E-state index in [1.165, 1.54) is 102 Å². The highest BCUT2D eigenvalue weighted by molar-refractivity contribution is 5.13. The Hall–Kier alpha value is -0.920. The van der Waals surface area contributed by atoms with Gasteiger partial charge in [0.1, 0.15) is 5.82 Å². The van der Waals surface area contributed by atoms with E-state index in [2.05, 4.69) is 26.2 Å². The van der Waals surface area contributed by atoms with Crippen molar-refractivity contribution in [3.8, 4) is 0 Å². The van der Waals surface area contributed by atoms with Gasteiger partial charge in [-0.15, -0.1) is 0 Å². The lowest BCUT2D eigenvalue weighted by Gasteiger charge is -2.29. The lowest BCUT2D eigenvalue weighted by molar-refractivity contribution is 0.248. The first-order valence-electron chi connectivity index (χ1n) is 12.6. The summed E-state index contributed by atoms with van der Waals surface area (Å²) in [4.78, 5) is 9.49. The van der Waals surface area contributed by atoms with Gasteiger partial charge in [-0.3, -0.25) is 0 Å². The Morgan fingerprint density at radius 3 is 1.86 bits per heavy atom. The minimum absolute atomic E-state index is 0.713. The third-order valence-corrected chi connectivity index (χ3v) is 7.70. The average Bonchev–Trinajstić information content (AvgIpc) is 2.75. The molecule has 0 amide bonds. The minimum Gasteiger partial charge on any atom is -0.241 e. The van der Waals surface area contributed by atoms with E-state index in [4.69, 9.17) is 9.97 Å². The maximum atomic E-state index is 4.75. The second kappa shape index (κ2) is 11.9. The van der Waals surface area contributed by atoms with E-state index in [0.717, 1.165) is 30.0 Å². The summed E-state index contributed by atoms with van der Waals surface area (Å²) < 4.78 is 0. The fourth-order valence-electron chi connectivity index (χ4n) is 5.72. The van der Waals surface area contributed by atoms with Crippen LogP contribution in [-0.4, -0.2) is 9.97 Å². The van der Waals surface area contributed by atoms with Gasteiger partial charge in [-0.05, 0) is 61.3 Å². The van der Waals surface area contributed by atoms with Crippen molar-refractivity contribution in [2.75, 3.05) is 0 Å². The van der Waals surface area contributed by atoms with Crippen molar-refractivity contribution in [2.24, 2.45) is 17.8 Å². The van der Waals surface area contributed by atoms with Crippen molar-refractivity contribution in [3.05, 3.63) is 23.8 Å². The number of hydrogen-bond donors (Lipinski definition) is 0. The monoisotopic (exact) mass is 384 g/mol. The molecule has 0 N–H and O–H groups in total. The zero-order valence-corrected chi connectivity index (χ0v) is 18.7. The van der Waals surface area contributed by atoms with E-state index in [0.29, 0.717) is 5.92 Å². The van der Waals surface area contributed by atoms with Gasteiger partial charge in [-0.1, -0.05) is 78.1 Å². The summed E-state index contributed by atoms with van der Waals surface area (Å²) in [7, 11) is 0. The van der Waals surface area contributed by atoms with Crippen LogP contribution in [0.15, 0.2) is 12.4 Å². The van der Waals surface area contributed by atoms with Crippen LogP contribution >= 0.6 is 0 Å². The van der Waals surface area contributed by atoms with Gasteiger partial charge in [-0.2, -0.15) is 0 Å². The van der Waals surface area contributed by atoms with E-state index in [1.807, 2.05) is 0 Å². The second-order valence-corrected chi connectivity index (χ2v) is 9.86. The van der Waals surface area contributed by atoms with Gasteiger partial charge >= 0.3 is 0 Å². The maximum Gasteiger partial charge on any atom is 0.128 e. The van der Waals surface area contributed by atoms with Crippen LogP contribution in [0, 0.1) is 17.8 Å². The first kappa shape index (κ1) is 21.8. The quantitative estimate of drug-likeness (QED) is 0.383. The van der Waals surface area contributed by atoms with E-state index >= 15 is 0 Å². The molecule has 0 aromatic carbocycles. The lowest BCUT2D eigenvalue weighted by atomic mass is 9.78. The fourth-order valence-corrected chi connectivity index (χ4v) is 5.72. The first-order chi connectivity index (χ1) is 13.8. The van der Waals surface area contributed by atoms with Crippen molar-refractivity contribution in [2.45, 2.75) is 122 Å². The molecule has 1 heterocycles. The van der Waals surface area contributed by atoms with E-state index < -0.39 is 0 Å². The molecule has 2 heteroatoms. The van der Waals surface area contributed by atoms with Gasteiger partial charge in [0, 0.05) is 18.8 Å². The number of unbranched alkanes of at least 4 members (excludes halogenated alkanes) is 2. The molecule has 3 rings (SSSR count). The molecule has 1 aromatic heterocycles. The summed E-state index contributed by atoms with van der Waals surface area (Å²) in [6.45, 7) is 4.63. The number of aryl methyl sites for hydroxylation is 1. The van der Waals surface area contributed by atoms with Crippen LogP contribution in [0.1, 0.15) is 127 Å². The average molecular weight is 385 g/mol. The van der Waals surface area contributed by atoms with E-state index in [-0.39, 0.29) is 0 Å². The molecule has 2 nitrogen and oxygen atoms in total. The molecule has 28 heavy (non-hydrogen) atoms. The normalized spacial score (nSPS) is 28.4. The summed E-state index contributed by atoms with van der Waals surface area (Å²) in [6.07, 6.45) is 26.4. The number of rotatable bonds is 10. The summed E-state index contributed by atoms with van der Waals surface area (Å²) >= 11 is 0. The number of aromatic nitrogens is 2. The summed E-state index contributed by atoms with van der Waals surface area (Å²) in [5.74, 6) is 4.70. The first-order valence-corrected chi connectivity index (χ1v) is 12.6. The molecule has 0 saturated heterocycles. The van der Waals surface area contributed by atoms with Crippen LogP contribution in [-0.2, 0) is 6.42 Å². The highest BCUT2D eigenvalue weighted by Gasteiger charge is 2.23. The van der Waals surface area contributed by atoms with Gasteiger partial charge in [0.05, 0.1) is 0 Å². The molecule has 2 aliphatic rings. The van der Waals surface area contributed by atoms with Crippen molar-refractivity contribution < 1.29 is 0 Å². The van der Waals surface area contributed by atoms with Gasteiger partial charge in [0.15, 0.2) is 0 Å². The Balaban J connectivity index is 1.35. The summed E-state index contributed by atoms with van der Waals surface area (Å²) in [5.41, 5.74) is 1.39. The van der Waals surface area contributed by atoms with Crippen LogP contribution in [0.4, 0.5) is 0 Å². The molecule has 0 bridgehead atoms. The molecule has 1 aromatic rings. The largest absolute Gasteiger partial charge is 0.241 e. The SMILES string of the molecule is CCCCC[C@H]1CC[C@H](CCc2ncc([C@H]3CC[C@H](CCC)CC3)cn2)CC1. The third-order valence-electron chi connectivity index (χ3n) is 7.70. The van der Waals surface area contributed by atoms with Crippen LogP contribution < -0.4 is 0 Å². The lowest BCUT2D eigenvalue weighted by Crippen LogP contribution is -2.16. The van der Waals surface area contributed by atoms with Gasteiger partial charge in [-0.25, -0.2) is 9.97 Å². The van der Waals surface area contributed by atoms with E-state index in [9.17, 15) is 0 Å². The molecular formula is C26H44N2. The molecule has 0 atom stereocenters. The summed E-state index contributed by atoms with van der Waals surface area (Å²) in [6, 6.07) is 0. The highest BCUT2D eigenvalue weighted by Crippen LogP contribution is 2.37. The maximum absolute atomic E-state index is 4.75. The van der Waals surface area contributed by atoms with Gasteiger partial charge in [0.25, 0.3) is 0 Å². The predicted octanol–water partition coefficient (Wildman–Crippen LogP) is 7.87. The molecule has 0 unspecified atom stereocenters. The van der Waals surface area contributed by atoms with Crippen molar-refractivity contribution >= 4 is 0 Å². The van der Waals surface area contributed by atoms with Gasteiger partial charge in [0.2, 0.25) is 0 Å². The number of nitrogens with zero attached hydrogens (tertiary/aromatic N) is 2. The molecule has 158 valence electrons. The topological polar surface area (TPSA) is 25.8 Å². The third kappa shape index (κ3) is 6.85. The van der Waals surface area contributed by atoms with Crippen molar-refractivity contribution in [1.29, 1.82) is 0 Å². The Kier molecular flexibility index (Phi) is 9.28. The van der Waals surface area contributed by atoms with Crippen molar-refractivity contribution in [1.82, 2.24) is 9.97 Å². The zero-order chi connectivity index (χ0) is 19.6. The Morgan fingerprint density at radius 1 is 0.679 bits per heavy atom. The molecule has 2 fully saturated rings.